The topological polar surface area (TPSA) is 34.0 Å². The van der Waals surface area contributed by atoms with Gasteiger partial charge in [-0.15, -0.1) is 10.2 Å². The normalized spacial score (nSPS) is 10.8. The van der Waals surface area contributed by atoms with E-state index in [-0.39, 0.29) is 11.6 Å². The fraction of sp³-hybridized carbons (Fsp3) is 0.176. The molecule has 0 saturated heterocycles. The van der Waals surface area contributed by atoms with Gasteiger partial charge in [-0.3, -0.25) is 4.57 Å². The summed E-state index contributed by atoms with van der Waals surface area (Å²) >= 11 is 0. The monoisotopic (exact) mass is 314 g/mol. The first-order valence-electron chi connectivity index (χ1n) is 7.16. The molecular weight excluding hydrogens is 298 g/mol. The zero-order chi connectivity index (χ0) is 16.4. The number of benzene rings is 2. The maximum Gasteiger partial charge on any atom is 0.231 e. The minimum Gasteiger partial charge on any atom is -0.314 e. The van der Waals surface area contributed by atoms with Gasteiger partial charge >= 0.3 is 0 Å². The third kappa shape index (κ3) is 3.21. The summed E-state index contributed by atoms with van der Waals surface area (Å²) in [6, 6.07) is 12.5. The minimum atomic E-state index is -0.280. The molecule has 4 nitrogen and oxygen atoms in total. The van der Waals surface area contributed by atoms with Gasteiger partial charge in [0.05, 0.1) is 0 Å². The Morgan fingerprint density at radius 1 is 0.913 bits per heavy atom. The van der Waals surface area contributed by atoms with E-state index in [2.05, 4.69) is 10.2 Å². The van der Waals surface area contributed by atoms with Crippen molar-refractivity contribution in [2.24, 2.45) is 7.05 Å². The van der Waals surface area contributed by atoms with Crippen LogP contribution >= 0.6 is 0 Å². The van der Waals surface area contributed by atoms with Gasteiger partial charge in [0.2, 0.25) is 5.95 Å². The van der Waals surface area contributed by atoms with E-state index in [1.54, 1.807) is 24.3 Å². The lowest BCUT2D eigenvalue weighted by Crippen LogP contribution is -2.15. The number of hydrogen-bond donors (Lipinski definition) is 0. The van der Waals surface area contributed by atoms with Crippen LogP contribution in [0.25, 0.3) is 0 Å². The Morgan fingerprint density at radius 3 is 2.09 bits per heavy atom. The molecule has 0 atom stereocenters. The maximum absolute atomic E-state index is 13.0. The lowest BCUT2D eigenvalue weighted by molar-refractivity contribution is 0.627. The molecule has 0 radical (unpaired) electrons. The summed E-state index contributed by atoms with van der Waals surface area (Å²) in [5, 5.41) is 8.40. The number of anilines is 2. The van der Waals surface area contributed by atoms with E-state index >= 15 is 0 Å². The summed E-state index contributed by atoms with van der Waals surface area (Å²) in [5.41, 5.74) is 1.77. The molecule has 23 heavy (non-hydrogen) atoms. The molecule has 6 heteroatoms. The summed E-state index contributed by atoms with van der Waals surface area (Å²) in [4.78, 5) is 1.83. The van der Waals surface area contributed by atoms with Crippen molar-refractivity contribution in [3.63, 3.8) is 0 Å². The summed E-state index contributed by atoms with van der Waals surface area (Å²) in [7, 11) is 3.72. The highest BCUT2D eigenvalue weighted by atomic mass is 19.1. The molecular formula is C17H16F2N4. The summed E-state index contributed by atoms with van der Waals surface area (Å²) in [5.74, 6) is 0.870. The molecule has 118 valence electrons. The fourth-order valence-electron chi connectivity index (χ4n) is 2.36. The molecule has 3 aromatic rings. The van der Waals surface area contributed by atoms with Crippen LogP contribution in [0.1, 0.15) is 11.4 Å². The Morgan fingerprint density at radius 2 is 1.48 bits per heavy atom. The predicted molar refractivity (Wildman–Crippen MR) is 84.7 cm³/mol. The SMILES string of the molecule is CN(c1ccc(F)cc1)c1nnc(Cc2ccc(F)cc2)n1C. The number of rotatable bonds is 4. The van der Waals surface area contributed by atoms with Crippen LogP contribution in [0.3, 0.4) is 0 Å². The van der Waals surface area contributed by atoms with Crippen molar-refractivity contribution < 1.29 is 8.78 Å². The Kier molecular flexibility index (Phi) is 4.06. The van der Waals surface area contributed by atoms with Crippen molar-refractivity contribution in [3.05, 3.63) is 71.6 Å². The van der Waals surface area contributed by atoms with E-state index in [1.165, 1.54) is 24.3 Å². The zero-order valence-electron chi connectivity index (χ0n) is 12.9. The first-order valence-corrected chi connectivity index (χ1v) is 7.16. The molecule has 3 rings (SSSR count). The minimum absolute atomic E-state index is 0.261. The summed E-state index contributed by atoms with van der Waals surface area (Å²) < 4.78 is 27.9. The molecule has 0 bridgehead atoms. The molecule has 0 aliphatic carbocycles. The van der Waals surface area contributed by atoms with Crippen LogP contribution in [0.5, 0.6) is 0 Å². The maximum atomic E-state index is 13.0. The van der Waals surface area contributed by atoms with Gasteiger partial charge in [0.15, 0.2) is 0 Å². The highest BCUT2D eigenvalue weighted by Crippen LogP contribution is 2.22. The van der Waals surface area contributed by atoms with E-state index in [9.17, 15) is 8.78 Å². The molecule has 0 N–H and O–H groups in total. The van der Waals surface area contributed by atoms with Crippen LogP contribution in [0, 0.1) is 11.6 Å². The van der Waals surface area contributed by atoms with Crippen LogP contribution in [-0.2, 0) is 13.5 Å². The Bertz CT molecular complexity index is 794. The molecule has 0 aliphatic heterocycles. The second-order valence-corrected chi connectivity index (χ2v) is 5.31. The van der Waals surface area contributed by atoms with Crippen LogP contribution in [0.15, 0.2) is 48.5 Å². The Hall–Kier alpha value is -2.76. The number of aromatic nitrogens is 3. The second-order valence-electron chi connectivity index (χ2n) is 5.31. The third-order valence-electron chi connectivity index (χ3n) is 3.73. The highest BCUT2D eigenvalue weighted by molar-refractivity contribution is 5.56. The van der Waals surface area contributed by atoms with Gasteiger partial charge in [-0.25, -0.2) is 8.78 Å². The van der Waals surface area contributed by atoms with Gasteiger partial charge in [-0.1, -0.05) is 12.1 Å². The first kappa shape index (κ1) is 15.1. The van der Waals surface area contributed by atoms with Gasteiger partial charge < -0.3 is 4.90 Å². The quantitative estimate of drug-likeness (QED) is 0.739. The van der Waals surface area contributed by atoms with E-state index < -0.39 is 0 Å². The molecule has 0 unspecified atom stereocenters. The molecule has 0 saturated carbocycles. The third-order valence-corrected chi connectivity index (χ3v) is 3.73. The summed E-state index contributed by atoms with van der Waals surface area (Å²) in [6.07, 6.45) is 0.557. The number of nitrogens with zero attached hydrogens (tertiary/aromatic N) is 4. The van der Waals surface area contributed by atoms with Crippen molar-refractivity contribution in [1.29, 1.82) is 0 Å². The largest absolute Gasteiger partial charge is 0.314 e. The lowest BCUT2D eigenvalue weighted by atomic mass is 10.1. The molecule has 1 heterocycles. The van der Waals surface area contributed by atoms with Crippen molar-refractivity contribution in [2.75, 3.05) is 11.9 Å². The molecule has 0 fully saturated rings. The number of halogens is 2. The molecule has 0 amide bonds. The van der Waals surface area contributed by atoms with E-state index in [0.717, 1.165) is 17.1 Å². The van der Waals surface area contributed by atoms with Gasteiger partial charge in [0.1, 0.15) is 17.5 Å². The van der Waals surface area contributed by atoms with Crippen molar-refractivity contribution in [2.45, 2.75) is 6.42 Å². The van der Waals surface area contributed by atoms with Crippen LogP contribution in [0.2, 0.25) is 0 Å². The average molecular weight is 314 g/mol. The van der Waals surface area contributed by atoms with E-state index in [1.807, 2.05) is 23.6 Å². The van der Waals surface area contributed by atoms with Gasteiger partial charge in [0, 0.05) is 26.2 Å². The van der Waals surface area contributed by atoms with Crippen molar-refractivity contribution >= 4 is 11.6 Å². The zero-order valence-corrected chi connectivity index (χ0v) is 12.9. The standard InChI is InChI=1S/C17H16F2N4/c1-22(15-9-7-14(19)8-10-15)17-21-20-16(23(17)2)11-12-3-5-13(18)6-4-12/h3-10H,11H2,1-2H3. The fourth-order valence-corrected chi connectivity index (χ4v) is 2.36. The first-order chi connectivity index (χ1) is 11.0. The summed E-state index contributed by atoms with van der Waals surface area (Å²) in [6.45, 7) is 0. The molecule has 1 aromatic heterocycles. The molecule has 0 spiro atoms. The average Bonchev–Trinajstić information content (AvgIpc) is 2.90. The highest BCUT2D eigenvalue weighted by Gasteiger charge is 2.14. The van der Waals surface area contributed by atoms with Crippen molar-refractivity contribution in [3.8, 4) is 0 Å². The smallest absolute Gasteiger partial charge is 0.231 e. The van der Waals surface area contributed by atoms with Crippen LogP contribution in [0.4, 0.5) is 20.4 Å². The molecule has 2 aromatic carbocycles. The van der Waals surface area contributed by atoms with E-state index in [0.29, 0.717) is 12.4 Å². The second kappa shape index (κ2) is 6.16. The van der Waals surface area contributed by atoms with Gasteiger partial charge in [-0.2, -0.15) is 0 Å². The van der Waals surface area contributed by atoms with Crippen molar-refractivity contribution in [1.82, 2.24) is 14.8 Å². The predicted octanol–water partition coefficient (Wildman–Crippen LogP) is 3.45. The number of hydrogen-bond acceptors (Lipinski definition) is 3. The molecule has 0 aliphatic rings. The van der Waals surface area contributed by atoms with Crippen LogP contribution in [-0.4, -0.2) is 21.8 Å². The van der Waals surface area contributed by atoms with Gasteiger partial charge in [-0.05, 0) is 42.0 Å². The lowest BCUT2D eigenvalue weighted by Gasteiger charge is -2.18. The van der Waals surface area contributed by atoms with Crippen LogP contribution < -0.4 is 4.90 Å². The Labute approximate surface area is 133 Å². The van der Waals surface area contributed by atoms with E-state index in [4.69, 9.17) is 0 Å². The van der Waals surface area contributed by atoms with Gasteiger partial charge in [0.25, 0.3) is 0 Å². The Balaban J connectivity index is 1.83.